The molecule has 0 aliphatic carbocycles. The molecule has 1 aromatic carbocycles. The molecule has 3 rings (SSSR count). The molecule has 0 amide bonds. The molecular weight excluding hydrogens is 300 g/mol. The Hall–Kier alpha value is -2.96. The van der Waals surface area contributed by atoms with Gasteiger partial charge < -0.3 is 5.73 Å². The van der Waals surface area contributed by atoms with Crippen LogP contribution in [0.5, 0.6) is 0 Å². The van der Waals surface area contributed by atoms with Gasteiger partial charge in [0.1, 0.15) is 23.0 Å². The van der Waals surface area contributed by atoms with Crippen LogP contribution < -0.4 is 5.73 Å². The van der Waals surface area contributed by atoms with Gasteiger partial charge in [-0.05, 0) is 44.2 Å². The molecule has 0 saturated heterocycles. The first kappa shape index (κ1) is 15.0. The van der Waals surface area contributed by atoms with Crippen LogP contribution in [0, 0.1) is 25.5 Å². The lowest BCUT2D eigenvalue weighted by Gasteiger charge is -2.10. The highest BCUT2D eigenvalue weighted by Gasteiger charge is 2.17. The summed E-state index contributed by atoms with van der Waals surface area (Å²) in [6.45, 7) is 3.66. The molecule has 23 heavy (non-hydrogen) atoms. The first-order chi connectivity index (χ1) is 10.9. The average Bonchev–Trinajstić information content (AvgIpc) is 2.48. The number of rotatable bonds is 2. The van der Waals surface area contributed by atoms with Gasteiger partial charge in [0.2, 0.25) is 5.95 Å². The van der Waals surface area contributed by atoms with E-state index in [2.05, 4.69) is 20.2 Å². The molecule has 0 aliphatic rings. The normalized spacial score (nSPS) is 10.8. The smallest absolute Gasteiger partial charge is 0.240 e. The molecule has 7 heteroatoms. The summed E-state index contributed by atoms with van der Waals surface area (Å²) in [4.78, 5) is 8.34. The quantitative estimate of drug-likeness (QED) is 0.786. The van der Waals surface area contributed by atoms with Gasteiger partial charge in [-0.3, -0.25) is 4.98 Å². The molecule has 0 radical (unpaired) electrons. The van der Waals surface area contributed by atoms with Crippen molar-refractivity contribution in [3.63, 3.8) is 0 Å². The van der Waals surface area contributed by atoms with E-state index in [-0.39, 0.29) is 17.2 Å². The van der Waals surface area contributed by atoms with Gasteiger partial charge in [0, 0.05) is 22.5 Å². The number of benzene rings is 1. The fourth-order valence-corrected chi connectivity index (χ4v) is 2.37. The summed E-state index contributed by atoms with van der Waals surface area (Å²) in [5.41, 5.74) is 8.21. The SMILES string of the molecule is Cc1cc(-c2nnc(N)nc2-c2cc(F)ccc2F)cc(C)n1. The zero-order chi connectivity index (χ0) is 16.6. The summed E-state index contributed by atoms with van der Waals surface area (Å²) in [5, 5.41) is 7.76. The van der Waals surface area contributed by atoms with E-state index in [0.29, 0.717) is 11.3 Å². The van der Waals surface area contributed by atoms with Gasteiger partial charge in [0.05, 0.1) is 0 Å². The topological polar surface area (TPSA) is 77.6 Å². The predicted octanol–water partition coefficient (Wildman–Crippen LogP) is 3.08. The Bertz CT molecular complexity index is 875. The second-order valence-electron chi connectivity index (χ2n) is 5.13. The summed E-state index contributed by atoms with van der Waals surface area (Å²) in [6.07, 6.45) is 0. The minimum Gasteiger partial charge on any atom is -0.366 e. The summed E-state index contributed by atoms with van der Waals surface area (Å²) >= 11 is 0. The van der Waals surface area contributed by atoms with Crippen LogP contribution in [0.4, 0.5) is 14.7 Å². The first-order valence-corrected chi connectivity index (χ1v) is 6.85. The molecule has 3 aromatic rings. The zero-order valence-electron chi connectivity index (χ0n) is 12.5. The number of halogens is 2. The Morgan fingerprint density at radius 1 is 0.870 bits per heavy atom. The number of hydrogen-bond donors (Lipinski definition) is 1. The molecular formula is C16H13F2N5. The third-order valence-electron chi connectivity index (χ3n) is 3.24. The highest BCUT2D eigenvalue weighted by atomic mass is 19.1. The molecule has 0 unspecified atom stereocenters. The van der Waals surface area contributed by atoms with Crippen molar-refractivity contribution < 1.29 is 8.78 Å². The van der Waals surface area contributed by atoms with Gasteiger partial charge >= 0.3 is 0 Å². The molecule has 2 aromatic heterocycles. The third kappa shape index (κ3) is 2.98. The minimum absolute atomic E-state index is 0.0197. The highest BCUT2D eigenvalue weighted by Crippen LogP contribution is 2.31. The van der Waals surface area contributed by atoms with E-state index >= 15 is 0 Å². The monoisotopic (exact) mass is 313 g/mol. The van der Waals surface area contributed by atoms with E-state index < -0.39 is 11.6 Å². The van der Waals surface area contributed by atoms with Crippen LogP contribution in [-0.4, -0.2) is 20.2 Å². The Morgan fingerprint density at radius 3 is 2.26 bits per heavy atom. The lowest BCUT2D eigenvalue weighted by molar-refractivity contribution is 0.602. The van der Waals surface area contributed by atoms with Gasteiger partial charge in [-0.15, -0.1) is 10.2 Å². The van der Waals surface area contributed by atoms with Crippen LogP contribution in [0.1, 0.15) is 11.4 Å². The molecule has 0 atom stereocenters. The average molecular weight is 313 g/mol. The molecule has 0 aliphatic heterocycles. The van der Waals surface area contributed by atoms with Gasteiger partial charge in [-0.2, -0.15) is 0 Å². The van der Waals surface area contributed by atoms with E-state index in [9.17, 15) is 8.78 Å². The maximum atomic E-state index is 14.1. The molecule has 0 spiro atoms. The van der Waals surface area contributed by atoms with Crippen molar-refractivity contribution in [2.45, 2.75) is 13.8 Å². The molecule has 2 N–H and O–H groups in total. The standard InChI is InChI=1S/C16H13F2N5/c1-8-5-10(6-9(2)20-8)14-15(21-16(19)23-22-14)12-7-11(17)3-4-13(12)18/h3-7H,1-2H3,(H2,19,21,23). The van der Waals surface area contributed by atoms with E-state index in [1.54, 1.807) is 12.1 Å². The number of nitrogen functional groups attached to an aromatic ring is 1. The fourth-order valence-electron chi connectivity index (χ4n) is 2.37. The largest absolute Gasteiger partial charge is 0.366 e. The van der Waals surface area contributed by atoms with Crippen LogP contribution in [0.25, 0.3) is 22.5 Å². The highest BCUT2D eigenvalue weighted by molar-refractivity contribution is 5.78. The van der Waals surface area contributed by atoms with E-state index in [4.69, 9.17) is 5.73 Å². The lowest BCUT2D eigenvalue weighted by Crippen LogP contribution is -2.04. The van der Waals surface area contributed by atoms with Gasteiger partial charge in [-0.1, -0.05) is 0 Å². The van der Waals surface area contributed by atoms with Crippen LogP contribution in [0.3, 0.4) is 0 Å². The summed E-state index contributed by atoms with van der Waals surface area (Å²) in [6, 6.07) is 6.68. The molecule has 5 nitrogen and oxygen atoms in total. The number of hydrogen-bond acceptors (Lipinski definition) is 5. The summed E-state index contributed by atoms with van der Waals surface area (Å²) < 4.78 is 27.7. The van der Waals surface area contributed by atoms with E-state index in [0.717, 1.165) is 29.6 Å². The van der Waals surface area contributed by atoms with Crippen LogP contribution in [0.2, 0.25) is 0 Å². The van der Waals surface area contributed by atoms with Crippen molar-refractivity contribution in [2.75, 3.05) is 5.73 Å². The third-order valence-corrected chi connectivity index (χ3v) is 3.24. The number of nitrogens with two attached hydrogens (primary N) is 1. The minimum atomic E-state index is -0.616. The maximum absolute atomic E-state index is 14.1. The number of pyridine rings is 1. The van der Waals surface area contributed by atoms with Crippen molar-refractivity contribution in [1.29, 1.82) is 0 Å². The Kier molecular flexibility index (Phi) is 3.69. The molecule has 0 fully saturated rings. The second kappa shape index (κ2) is 5.68. The van der Waals surface area contributed by atoms with E-state index in [1.807, 2.05) is 13.8 Å². The molecule has 0 bridgehead atoms. The molecule has 0 saturated carbocycles. The number of aryl methyl sites for hydroxylation is 2. The van der Waals surface area contributed by atoms with Crippen molar-refractivity contribution >= 4 is 5.95 Å². The summed E-state index contributed by atoms with van der Waals surface area (Å²) in [7, 11) is 0. The number of nitrogens with zero attached hydrogens (tertiary/aromatic N) is 4. The summed E-state index contributed by atoms with van der Waals surface area (Å²) in [5.74, 6) is -1.31. The first-order valence-electron chi connectivity index (χ1n) is 6.85. The zero-order valence-corrected chi connectivity index (χ0v) is 12.5. The molecule has 2 heterocycles. The van der Waals surface area contributed by atoms with Crippen molar-refractivity contribution in [1.82, 2.24) is 20.2 Å². The van der Waals surface area contributed by atoms with Gasteiger partial charge in [0.15, 0.2) is 0 Å². The van der Waals surface area contributed by atoms with Gasteiger partial charge in [-0.25, -0.2) is 13.8 Å². The van der Waals surface area contributed by atoms with Crippen molar-refractivity contribution in [2.24, 2.45) is 0 Å². The second-order valence-corrected chi connectivity index (χ2v) is 5.13. The molecule has 116 valence electrons. The van der Waals surface area contributed by atoms with Gasteiger partial charge in [0.25, 0.3) is 0 Å². The van der Waals surface area contributed by atoms with Crippen molar-refractivity contribution in [3.05, 3.63) is 53.4 Å². The number of aromatic nitrogens is 4. The fraction of sp³-hybridized carbons (Fsp3) is 0.125. The van der Waals surface area contributed by atoms with E-state index in [1.165, 1.54) is 0 Å². The van der Waals surface area contributed by atoms with Crippen LogP contribution >= 0.6 is 0 Å². The maximum Gasteiger partial charge on any atom is 0.240 e. The Morgan fingerprint density at radius 2 is 1.57 bits per heavy atom. The predicted molar refractivity (Wildman–Crippen MR) is 82.3 cm³/mol. The van der Waals surface area contributed by atoms with Crippen molar-refractivity contribution in [3.8, 4) is 22.5 Å². The Balaban J connectivity index is 2.29. The Labute approximate surface area is 131 Å². The van der Waals surface area contributed by atoms with Crippen LogP contribution in [-0.2, 0) is 0 Å². The van der Waals surface area contributed by atoms with Crippen LogP contribution in [0.15, 0.2) is 30.3 Å². The number of anilines is 1. The lowest BCUT2D eigenvalue weighted by atomic mass is 10.0.